The molecule has 0 saturated heterocycles. The zero-order valence-corrected chi connectivity index (χ0v) is 12.7. The minimum absolute atomic E-state index is 0.253. The average molecular weight is 331 g/mol. The van der Waals surface area contributed by atoms with Gasteiger partial charge < -0.3 is 0 Å². The normalized spacial score (nSPS) is 11.0. The third-order valence-electron chi connectivity index (χ3n) is 3.16. The Morgan fingerprint density at radius 1 is 1.00 bits per heavy atom. The summed E-state index contributed by atoms with van der Waals surface area (Å²) in [7, 11) is 0. The number of nitrogens with zero attached hydrogens (tertiary/aromatic N) is 2. The van der Waals surface area contributed by atoms with Crippen molar-refractivity contribution in [2.24, 2.45) is 0 Å². The summed E-state index contributed by atoms with van der Waals surface area (Å²) in [5, 5.41) is 0. The molecule has 0 radical (unpaired) electrons. The third-order valence-corrected chi connectivity index (χ3v) is 3.76. The van der Waals surface area contributed by atoms with Crippen molar-refractivity contribution in [3.8, 4) is 11.3 Å². The molecule has 0 saturated carbocycles. The van der Waals surface area contributed by atoms with Gasteiger partial charge in [0.1, 0.15) is 11.3 Å². The average Bonchev–Trinajstić information content (AvgIpc) is 2.39. The van der Waals surface area contributed by atoms with Crippen LogP contribution in [0.25, 0.3) is 22.3 Å². The van der Waals surface area contributed by atoms with Crippen LogP contribution >= 0.6 is 15.9 Å². The summed E-state index contributed by atoms with van der Waals surface area (Å²) in [5.74, 6) is -0.253. The summed E-state index contributed by atoms with van der Waals surface area (Å²) < 4.78 is 13.9. The molecule has 1 heterocycles. The fourth-order valence-electron chi connectivity index (χ4n) is 2.22. The molecule has 0 bridgehead atoms. The van der Waals surface area contributed by atoms with Gasteiger partial charge in [0.25, 0.3) is 0 Å². The first-order valence-corrected chi connectivity index (χ1v) is 7.04. The summed E-state index contributed by atoms with van der Waals surface area (Å²) in [5.41, 5.74) is 5.29. The van der Waals surface area contributed by atoms with Gasteiger partial charge in [0, 0.05) is 10.0 Å². The standard InChI is InChI=1S/C16H12BrFN2/c1-9-7-13(17)16-14(8-9)19-10(2)15(20-16)11-3-5-12(18)6-4-11/h3-8H,1-2H3. The molecule has 100 valence electrons. The van der Waals surface area contributed by atoms with Crippen LogP contribution in [0.2, 0.25) is 0 Å². The van der Waals surface area contributed by atoms with Gasteiger partial charge in [-0.05, 0) is 71.7 Å². The first kappa shape index (κ1) is 13.2. The molecule has 0 aliphatic rings. The van der Waals surface area contributed by atoms with E-state index in [0.29, 0.717) is 0 Å². The highest BCUT2D eigenvalue weighted by atomic mass is 79.9. The van der Waals surface area contributed by atoms with Gasteiger partial charge in [-0.25, -0.2) is 14.4 Å². The molecule has 0 fully saturated rings. The third kappa shape index (κ3) is 2.31. The van der Waals surface area contributed by atoms with Crippen LogP contribution < -0.4 is 0 Å². The van der Waals surface area contributed by atoms with Crippen molar-refractivity contribution in [3.63, 3.8) is 0 Å². The molecule has 3 rings (SSSR count). The van der Waals surface area contributed by atoms with Gasteiger partial charge >= 0.3 is 0 Å². The summed E-state index contributed by atoms with van der Waals surface area (Å²) >= 11 is 3.53. The lowest BCUT2D eigenvalue weighted by Gasteiger charge is -2.08. The highest BCUT2D eigenvalue weighted by Gasteiger charge is 2.10. The second kappa shape index (κ2) is 4.94. The van der Waals surface area contributed by atoms with Crippen molar-refractivity contribution in [2.45, 2.75) is 13.8 Å². The van der Waals surface area contributed by atoms with Crippen LogP contribution in [-0.2, 0) is 0 Å². The minimum Gasteiger partial charge on any atom is -0.249 e. The molecule has 20 heavy (non-hydrogen) atoms. The molecule has 0 aliphatic carbocycles. The maximum absolute atomic E-state index is 13.0. The van der Waals surface area contributed by atoms with Crippen molar-refractivity contribution < 1.29 is 4.39 Å². The van der Waals surface area contributed by atoms with Gasteiger partial charge in [0.2, 0.25) is 0 Å². The van der Waals surface area contributed by atoms with E-state index in [9.17, 15) is 4.39 Å². The molecule has 0 N–H and O–H groups in total. The number of fused-ring (bicyclic) bond motifs is 1. The number of rotatable bonds is 1. The van der Waals surface area contributed by atoms with Gasteiger partial charge in [0.05, 0.1) is 16.9 Å². The van der Waals surface area contributed by atoms with E-state index < -0.39 is 0 Å². The molecular formula is C16H12BrFN2. The van der Waals surface area contributed by atoms with E-state index >= 15 is 0 Å². The van der Waals surface area contributed by atoms with Crippen LogP contribution in [0.15, 0.2) is 40.9 Å². The van der Waals surface area contributed by atoms with Crippen molar-refractivity contribution in [3.05, 3.63) is 57.9 Å². The molecule has 2 aromatic carbocycles. The lowest BCUT2D eigenvalue weighted by Crippen LogP contribution is -1.95. The van der Waals surface area contributed by atoms with E-state index in [1.165, 1.54) is 12.1 Å². The van der Waals surface area contributed by atoms with E-state index in [0.717, 1.165) is 38.0 Å². The summed E-state index contributed by atoms with van der Waals surface area (Å²) in [6.45, 7) is 3.94. The van der Waals surface area contributed by atoms with Crippen LogP contribution in [0.1, 0.15) is 11.3 Å². The van der Waals surface area contributed by atoms with Gasteiger partial charge in [-0.3, -0.25) is 0 Å². The topological polar surface area (TPSA) is 25.8 Å². The second-order valence-corrected chi connectivity index (χ2v) is 5.63. The monoisotopic (exact) mass is 330 g/mol. The molecule has 0 spiro atoms. The molecule has 2 nitrogen and oxygen atoms in total. The highest BCUT2D eigenvalue weighted by molar-refractivity contribution is 9.10. The number of aryl methyl sites for hydroxylation is 2. The fraction of sp³-hybridized carbons (Fsp3) is 0.125. The summed E-state index contributed by atoms with van der Waals surface area (Å²) in [6.07, 6.45) is 0. The maximum Gasteiger partial charge on any atom is 0.123 e. The number of halogens is 2. The van der Waals surface area contributed by atoms with Crippen molar-refractivity contribution in [2.75, 3.05) is 0 Å². The Kier molecular flexibility index (Phi) is 3.26. The molecule has 0 amide bonds. The second-order valence-electron chi connectivity index (χ2n) is 4.78. The maximum atomic E-state index is 13.0. The van der Waals surface area contributed by atoms with E-state index in [1.807, 2.05) is 26.0 Å². The van der Waals surface area contributed by atoms with Crippen molar-refractivity contribution in [1.29, 1.82) is 0 Å². The molecule has 0 aliphatic heterocycles. The highest BCUT2D eigenvalue weighted by Crippen LogP contribution is 2.28. The Bertz CT molecular complexity index is 798. The van der Waals surface area contributed by atoms with E-state index in [-0.39, 0.29) is 5.82 Å². The number of hydrogen-bond donors (Lipinski definition) is 0. The van der Waals surface area contributed by atoms with Crippen molar-refractivity contribution >= 4 is 27.0 Å². The Hall–Kier alpha value is -1.81. The van der Waals surface area contributed by atoms with E-state index in [1.54, 1.807) is 12.1 Å². The quantitative estimate of drug-likeness (QED) is 0.639. The van der Waals surface area contributed by atoms with Crippen LogP contribution in [0, 0.1) is 19.7 Å². The van der Waals surface area contributed by atoms with Crippen LogP contribution in [-0.4, -0.2) is 9.97 Å². The Balaban J connectivity index is 2.26. The number of benzene rings is 2. The predicted molar refractivity (Wildman–Crippen MR) is 82.1 cm³/mol. The van der Waals surface area contributed by atoms with E-state index in [2.05, 4.69) is 25.9 Å². The smallest absolute Gasteiger partial charge is 0.123 e. The lowest BCUT2D eigenvalue weighted by atomic mass is 10.1. The Morgan fingerprint density at radius 2 is 1.70 bits per heavy atom. The Morgan fingerprint density at radius 3 is 2.40 bits per heavy atom. The van der Waals surface area contributed by atoms with Gasteiger partial charge in [-0.1, -0.05) is 0 Å². The minimum atomic E-state index is -0.253. The molecule has 1 aromatic heterocycles. The van der Waals surface area contributed by atoms with Crippen molar-refractivity contribution in [1.82, 2.24) is 9.97 Å². The largest absolute Gasteiger partial charge is 0.249 e. The Labute approximate surface area is 124 Å². The van der Waals surface area contributed by atoms with E-state index in [4.69, 9.17) is 0 Å². The predicted octanol–water partition coefficient (Wildman–Crippen LogP) is 4.82. The van der Waals surface area contributed by atoms with Gasteiger partial charge in [-0.15, -0.1) is 0 Å². The first-order chi connectivity index (χ1) is 9.54. The lowest BCUT2D eigenvalue weighted by molar-refractivity contribution is 0.628. The zero-order valence-electron chi connectivity index (χ0n) is 11.1. The molecular weight excluding hydrogens is 319 g/mol. The van der Waals surface area contributed by atoms with Gasteiger partial charge in [0.15, 0.2) is 0 Å². The van der Waals surface area contributed by atoms with Crippen LogP contribution in [0.3, 0.4) is 0 Å². The molecule has 4 heteroatoms. The first-order valence-electron chi connectivity index (χ1n) is 6.25. The summed E-state index contributed by atoms with van der Waals surface area (Å²) in [6, 6.07) is 10.3. The SMILES string of the molecule is Cc1cc(Br)c2nc(-c3ccc(F)cc3)c(C)nc2c1. The fourth-order valence-corrected chi connectivity index (χ4v) is 2.87. The molecule has 0 unspecified atom stereocenters. The van der Waals surface area contributed by atoms with Gasteiger partial charge in [-0.2, -0.15) is 0 Å². The van der Waals surface area contributed by atoms with Crippen LogP contribution in [0.4, 0.5) is 4.39 Å². The molecule has 3 aromatic rings. The zero-order chi connectivity index (χ0) is 14.3. The summed E-state index contributed by atoms with van der Waals surface area (Å²) in [4.78, 5) is 9.29. The molecule has 0 atom stereocenters. The number of hydrogen-bond acceptors (Lipinski definition) is 2. The van der Waals surface area contributed by atoms with Crippen LogP contribution in [0.5, 0.6) is 0 Å². The number of aromatic nitrogens is 2.